The van der Waals surface area contributed by atoms with E-state index in [1.807, 2.05) is 12.1 Å². The van der Waals surface area contributed by atoms with Crippen LogP contribution in [0.2, 0.25) is 0 Å². The summed E-state index contributed by atoms with van der Waals surface area (Å²) in [5.74, 6) is 1.89. The number of hydrogen-bond donors (Lipinski definition) is 0. The van der Waals surface area contributed by atoms with E-state index in [2.05, 4.69) is 45.9 Å². The predicted octanol–water partition coefficient (Wildman–Crippen LogP) is 5.61. The molecule has 1 atom stereocenters. The molecule has 3 heteroatoms. The van der Waals surface area contributed by atoms with Gasteiger partial charge in [0.25, 0.3) is 0 Å². The first kappa shape index (κ1) is 18.8. The van der Waals surface area contributed by atoms with Gasteiger partial charge < -0.3 is 14.2 Å². The minimum Gasteiger partial charge on any atom is -0.496 e. The molecular formula is C23H30O3. The van der Waals surface area contributed by atoms with Gasteiger partial charge in [-0.15, -0.1) is 0 Å². The molecule has 0 saturated carbocycles. The third-order valence-corrected chi connectivity index (χ3v) is 5.51. The van der Waals surface area contributed by atoms with Gasteiger partial charge in [-0.25, -0.2) is 0 Å². The number of ether oxygens (including phenoxy) is 3. The highest BCUT2D eigenvalue weighted by Gasteiger charge is 2.46. The number of methoxy groups -OCH3 is 2. The van der Waals surface area contributed by atoms with E-state index in [1.165, 1.54) is 11.1 Å². The zero-order chi connectivity index (χ0) is 18.9. The van der Waals surface area contributed by atoms with Crippen molar-refractivity contribution >= 4 is 10.8 Å². The Morgan fingerprint density at radius 3 is 2.23 bits per heavy atom. The van der Waals surface area contributed by atoms with E-state index in [4.69, 9.17) is 14.2 Å². The van der Waals surface area contributed by atoms with Crippen LogP contribution < -0.4 is 9.47 Å². The van der Waals surface area contributed by atoms with Gasteiger partial charge in [0, 0.05) is 16.3 Å². The maximum Gasteiger partial charge on any atom is 0.130 e. The zero-order valence-corrected chi connectivity index (χ0v) is 16.8. The van der Waals surface area contributed by atoms with E-state index >= 15 is 0 Å². The average Bonchev–Trinajstić information content (AvgIpc) is 3.24. The number of rotatable bonds is 7. The Morgan fingerprint density at radius 2 is 1.69 bits per heavy atom. The van der Waals surface area contributed by atoms with Gasteiger partial charge in [0.2, 0.25) is 0 Å². The summed E-state index contributed by atoms with van der Waals surface area (Å²) in [6.45, 7) is 8.64. The van der Waals surface area contributed by atoms with Crippen LogP contribution in [0, 0.1) is 6.92 Å². The van der Waals surface area contributed by atoms with Crippen LogP contribution in [0.4, 0.5) is 0 Å². The van der Waals surface area contributed by atoms with Crippen molar-refractivity contribution in [3.8, 4) is 11.5 Å². The molecule has 26 heavy (non-hydrogen) atoms. The highest BCUT2D eigenvalue weighted by Crippen LogP contribution is 2.41. The van der Waals surface area contributed by atoms with Crippen molar-refractivity contribution < 1.29 is 14.2 Å². The fourth-order valence-electron chi connectivity index (χ4n) is 3.77. The van der Waals surface area contributed by atoms with Gasteiger partial charge in [0.1, 0.15) is 11.5 Å². The zero-order valence-electron chi connectivity index (χ0n) is 16.8. The Kier molecular flexibility index (Phi) is 5.29. The molecule has 0 spiro atoms. The van der Waals surface area contributed by atoms with Gasteiger partial charge in [-0.3, -0.25) is 0 Å². The molecule has 0 bridgehead atoms. The lowest BCUT2D eigenvalue weighted by Gasteiger charge is -2.18. The summed E-state index contributed by atoms with van der Waals surface area (Å²) in [7, 11) is 3.49. The molecule has 2 aromatic carbocycles. The molecule has 1 aliphatic heterocycles. The van der Waals surface area contributed by atoms with Crippen LogP contribution in [-0.2, 0) is 11.2 Å². The SMILES string of the molecule is COc1c(C)c(CC=C(C)CCC2OC2(C)C)c(OC)c2ccccc12. The number of epoxide rings is 1. The molecule has 1 unspecified atom stereocenters. The second-order valence-electron chi connectivity index (χ2n) is 7.72. The molecule has 1 heterocycles. The van der Waals surface area contributed by atoms with Gasteiger partial charge in [-0.05, 0) is 52.5 Å². The Balaban J connectivity index is 1.87. The monoisotopic (exact) mass is 354 g/mol. The minimum atomic E-state index is 0.0752. The van der Waals surface area contributed by atoms with Gasteiger partial charge in [-0.1, -0.05) is 35.9 Å². The molecule has 1 aliphatic rings. The summed E-state index contributed by atoms with van der Waals surface area (Å²) in [5.41, 5.74) is 3.82. The third kappa shape index (κ3) is 3.59. The fraction of sp³-hybridized carbons (Fsp3) is 0.478. The summed E-state index contributed by atoms with van der Waals surface area (Å²) in [4.78, 5) is 0. The lowest BCUT2D eigenvalue weighted by Crippen LogP contribution is -2.03. The smallest absolute Gasteiger partial charge is 0.130 e. The molecule has 0 aromatic heterocycles. The number of benzene rings is 2. The normalized spacial score (nSPS) is 18.8. The van der Waals surface area contributed by atoms with Crippen LogP contribution in [0.3, 0.4) is 0 Å². The first-order valence-electron chi connectivity index (χ1n) is 9.34. The molecule has 1 fully saturated rings. The molecule has 0 N–H and O–H groups in total. The molecule has 3 rings (SSSR count). The van der Waals surface area contributed by atoms with Crippen LogP contribution >= 0.6 is 0 Å². The van der Waals surface area contributed by atoms with E-state index in [0.29, 0.717) is 6.10 Å². The van der Waals surface area contributed by atoms with Crippen molar-refractivity contribution in [2.45, 2.75) is 58.7 Å². The van der Waals surface area contributed by atoms with Gasteiger partial charge in [0.15, 0.2) is 0 Å². The van der Waals surface area contributed by atoms with Crippen LogP contribution in [0.25, 0.3) is 10.8 Å². The number of allylic oxidation sites excluding steroid dienone is 2. The molecule has 140 valence electrons. The fourth-order valence-corrected chi connectivity index (χ4v) is 3.77. The molecule has 1 saturated heterocycles. The molecule has 0 aliphatic carbocycles. The highest BCUT2D eigenvalue weighted by molar-refractivity contribution is 5.96. The van der Waals surface area contributed by atoms with Gasteiger partial charge in [0.05, 0.1) is 25.9 Å². The highest BCUT2D eigenvalue weighted by atomic mass is 16.6. The lowest BCUT2D eigenvalue weighted by molar-refractivity contribution is 0.320. The summed E-state index contributed by atoms with van der Waals surface area (Å²) in [6, 6.07) is 8.27. The van der Waals surface area contributed by atoms with Crippen molar-refractivity contribution in [2.24, 2.45) is 0 Å². The molecule has 0 amide bonds. The Bertz CT molecular complexity index is 833. The van der Waals surface area contributed by atoms with Crippen molar-refractivity contribution in [3.63, 3.8) is 0 Å². The molecule has 2 aromatic rings. The van der Waals surface area contributed by atoms with Gasteiger partial charge in [-0.2, -0.15) is 0 Å². The standard InChI is InChI=1S/C23H30O3/c1-15(12-14-20-23(3,4)26-20)11-13-17-16(2)21(24-5)18-9-7-8-10-19(18)22(17)25-6/h7-11,20H,12-14H2,1-6H3. The van der Waals surface area contributed by atoms with Crippen molar-refractivity contribution in [3.05, 3.63) is 47.0 Å². The number of hydrogen-bond acceptors (Lipinski definition) is 3. The Labute approximate surface area is 157 Å². The minimum absolute atomic E-state index is 0.0752. The second-order valence-corrected chi connectivity index (χ2v) is 7.72. The lowest BCUT2D eigenvalue weighted by atomic mass is 9.95. The van der Waals surface area contributed by atoms with E-state index in [9.17, 15) is 0 Å². The van der Waals surface area contributed by atoms with Crippen LogP contribution in [0.5, 0.6) is 11.5 Å². The van der Waals surface area contributed by atoms with E-state index in [-0.39, 0.29) is 5.60 Å². The molecule has 0 radical (unpaired) electrons. The van der Waals surface area contributed by atoms with Crippen molar-refractivity contribution in [2.75, 3.05) is 14.2 Å². The summed E-state index contributed by atoms with van der Waals surface area (Å²) in [6.07, 6.45) is 5.72. The molecular weight excluding hydrogens is 324 g/mol. The Hall–Kier alpha value is -2.00. The topological polar surface area (TPSA) is 31.0 Å². The van der Waals surface area contributed by atoms with Crippen LogP contribution in [0.1, 0.15) is 44.7 Å². The molecule has 3 nitrogen and oxygen atoms in total. The maximum atomic E-state index is 5.80. The van der Waals surface area contributed by atoms with Crippen molar-refractivity contribution in [1.29, 1.82) is 0 Å². The second kappa shape index (κ2) is 7.32. The first-order chi connectivity index (χ1) is 12.4. The summed E-state index contributed by atoms with van der Waals surface area (Å²) < 4.78 is 17.2. The average molecular weight is 354 g/mol. The van der Waals surface area contributed by atoms with Crippen molar-refractivity contribution in [1.82, 2.24) is 0 Å². The predicted molar refractivity (Wildman–Crippen MR) is 107 cm³/mol. The quantitative estimate of drug-likeness (QED) is 0.478. The largest absolute Gasteiger partial charge is 0.496 e. The third-order valence-electron chi connectivity index (χ3n) is 5.51. The van der Waals surface area contributed by atoms with Crippen LogP contribution in [-0.4, -0.2) is 25.9 Å². The maximum absolute atomic E-state index is 5.80. The van der Waals surface area contributed by atoms with E-state index in [0.717, 1.165) is 47.1 Å². The van der Waals surface area contributed by atoms with E-state index in [1.54, 1.807) is 14.2 Å². The number of fused-ring (bicyclic) bond motifs is 1. The van der Waals surface area contributed by atoms with Crippen LogP contribution in [0.15, 0.2) is 35.9 Å². The van der Waals surface area contributed by atoms with Gasteiger partial charge >= 0.3 is 0 Å². The summed E-state index contributed by atoms with van der Waals surface area (Å²) in [5, 5.41) is 2.20. The summed E-state index contributed by atoms with van der Waals surface area (Å²) >= 11 is 0. The Morgan fingerprint density at radius 1 is 1.12 bits per heavy atom. The van der Waals surface area contributed by atoms with E-state index < -0.39 is 0 Å². The first-order valence-corrected chi connectivity index (χ1v) is 9.34.